The van der Waals surface area contributed by atoms with Gasteiger partial charge in [-0.05, 0) is 11.4 Å². The van der Waals surface area contributed by atoms with Crippen molar-refractivity contribution >= 4 is 21.4 Å². The lowest BCUT2D eigenvalue weighted by Gasteiger charge is -2.32. The van der Waals surface area contributed by atoms with Crippen molar-refractivity contribution in [2.24, 2.45) is 0 Å². The Morgan fingerprint density at radius 3 is 2.67 bits per heavy atom. The SMILES string of the molecule is CS(=O)(=O)N1CCN(Cc2sccc2C#CCCO)CC1. The molecule has 1 aromatic heterocycles. The summed E-state index contributed by atoms with van der Waals surface area (Å²) in [5.41, 5.74) is 1.01. The van der Waals surface area contributed by atoms with Crippen LogP contribution < -0.4 is 0 Å². The van der Waals surface area contributed by atoms with Gasteiger partial charge in [-0.1, -0.05) is 11.8 Å². The minimum atomic E-state index is -3.07. The fourth-order valence-corrected chi connectivity index (χ4v) is 3.91. The Labute approximate surface area is 130 Å². The van der Waals surface area contributed by atoms with E-state index in [0.29, 0.717) is 19.5 Å². The van der Waals surface area contributed by atoms with Crippen LogP contribution >= 0.6 is 11.3 Å². The van der Waals surface area contributed by atoms with Crippen LogP contribution in [-0.4, -0.2) is 61.8 Å². The number of hydrogen-bond donors (Lipinski definition) is 1. The standard InChI is InChI=1S/C14H20N2O3S2/c1-21(18,19)16-8-6-15(7-9-16)12-14-13(5-11-20-14)4-2-3-10-17/h5,11,17H,3,6-10,12H2,1H3. The third-order valence-electron chi connectivity index (χ3n) is 3.37. The maximum absolute atomic E-state index is 11.5. The van der Waals surface area contributed by atoms with Crippen molar-refractivity contribution in [1.82, 2.24) is 9.21 Å². The van der Waals surface area contributed by atoms with Gasteiger partial charge < -0.3 is 5.11 Å². The van der Waals surface area contributed by atoms with Crippen molar-refractivity contribution in [3.8, 4) is 11.8 Å². The Kier molecular flexibility index (Phi) is 5.79. The van der Waals surface area contributed by atoms with E-state index in [-0.39, 0.29) is 6.61 Å². The van der Waals surface area contributed by atoms with Crippen LogP contribution in [0.15, 0.2) is 11.4 Å². The summed E-state index contributed by atoms with van der Waals surface area (Å²) in [5.74, 6) is 6.03. The zero-order valence-corrected chi connectivity index (χ0v) is 13.7. The topological polar surface area (TPSA) is 60.9 Å². The molecule has 1 aliphatic heterocycles. The minimum absolute atomic E-state index is 0.0833. The van der Waals surface area contributed by atoms with Crippen LogP contribution in [0.1, 0.15) is 16.9 Å². The summed E-state index contributed by atoms with van der Waals surface area (Å²) in [7, 11) is -3.07. The number of nitrogens with zero attached hydrogens (tertiary/aromatic N) is 2. The maximum atomic E-state index is 11.5. The number of rotatable bonds is 4. The van der Waals surface area contributed by atoms with E-state index in [1.54, 1.807) is 11.3 Å². The summed E-state index contributed by atoms with van der Waals surface area (Å²) in [5, 5.41) is 10.8. The summed E-state index contributed by atoms with van der Waals surface area (Å²) in [4.78, 5) is 3.46. The van der Waals surface area contributed by atoms with Crippen LogP contribution in [0.4, 0.5) is 0 Å². The Morgan fingerprint density at radius 2 is 2.05 bits per heavy atom. The number of aliphatic hydroxyl groups is 1. The normalized spacial score (nSPS) is 17.4. The monoisotopic (exact) mass is 328 g/mol. The Bertz CT molecular complexity index is 620. The van der Waals surface area contributed by atoms with E-state index in [2.05, 4.69) is 16.7 Å². The quantitative estimate of drug-likeness (QED) is 0.821. The summed E-state index contributed by atoms with van der Waals surface area (Å²) < 4.78 is 24.5. The van der Waals surface area contributed by atoms with Crippen LogP contribution in [-0.2, 0) is 16.6 Å². The highest BCUT2D eigenvalue weighted by Crippen LogP contribution is 2.19. The van der Waals surface area contributed by atoms with Gasteiger partial charge in [0, 0.05) is 49.6 Å². The van der Waals surface area contributed by atoms with Crippen molar-refractivity contribution in [1.29, 1.82) is 0 Å². The molecule has 116 valence electrons. The molecule has 0 spiro atoms. The lowest BCUT2D eigenvalue weighted by Crippen LogP contribution is -2.47. The highest BCUT2D eigenvalue weighted by atomic mass is 32.2. The van der Waals surface area contributed by atoms with Crippen LogP contribution in [0.2, 0.25) is 0 Å². The smallest absolute Gasteiger partial charge is 0.211 e. The maximum Gasteiger partial charge on any atom is 0.211 e. The predicted octanol–water partition coefficient (Wildman–Crippen LogP) is 0.559. The molecule has 1 saturated heterocycles. The molecule has 21 heavy (non-hydrogen) atoms. The molecule has 1 N–H and O–H groups in total. The van der Waals surface area contributed by atoms with Crippen LogP contribution in [0.3, 0.4) is 0 Å². The lowest BCUT2D eigenvalue weighted by atomic mass is 10.2. The van der Waals surface area contributed by atoms with Crippen LogP contribution in [0.5, 0.6) is 0 Å². The van der Waals surface area contributed by atoms with Crippen molar-refractivity contribution in [3.63, 3.8) is 0 Å². The molecule has 0 radical (unpaired) electrons. The van der Waals surface area contributed by atoms with Crippen molar-refractivity contribution in [2.75, 3.05) is 39.0 Å². The van der Waals surface area contributed by atoms with Gasteiger partial charge >= 0.3 is 0 Å². The zero-order chi connectivity index (χ0) is 15.3. The Balaban J connectivity index is 1.93. The van der Waals surface area contributed by atoms with E-state index >= 15 is 0 Å². The number of hydrogen-bond acceptors (Lipinski definition) is 5. The highest BCUT2D eigenvalue weighted by molar-refractivity contribution is 7.88. The first-order valence-electron chi connectivity index (χ1n) is 6.84. The summed E-state index contributed by atoms with van der Waals surface area (Å²) >= 11 is 1.67. The first-order valence-corrected chi connectivity index (χ1v) is 9.57. The lowest BCUT2D eigenvalue weighted by molar-refractivity contribution is 0.183. The van der Waals surface area contributed by atoms with Crippen LogP contribution in [0, 0.1) is 11.8 Å². The van der Waals surface area contributed by atoms with Crippen LogP contribution in [0.25, 0.3) is 0 Å². The molecule has 0 aliphatic carbocycles. The summed E-state index contributed by atoms with van der Waals surface area (Å²) in [6, 6.07) is 2.00. The molecule has 0 atom stereocenters. The van der Waals surface area contributed by atoms with Gasteiger partial charge in [0.05, 0.1) is 12.9 Å². The van der Waals surface area contributed by atoms with E-state index in [0.717, 1.165) is 25.2 Å². The van der Waals surface area contributed by atoms with Gasteiger partial charge in [-0.2, -0.15) is 4.31 Å². The number of aliphatic hydroxyl groups excluding tert-OH is 1. The summed E-state index contributed by atoms with van der Waals surface area (Å²) in [6.07, 6.45) is 1.75. The second-order valence-electron chi connectivity index (χ2n) is 4.97. The molecule has 0 amide bonds. The number of thiophene rings is 1. The molecule has 1 aromatic rings. The fraction of sp³-hybridized carbons (Fsp3) is 0.571. The third kappa shape index (κ3) is 4.80. The van der Waals surface area contributed by atoms with Gasteiger partial charge in [-0.3, -0.25) is 4.90 Å². The van der Waals surface area contributed by atoms with E-state index in [1.165, 1.54) is 15.4 Å². The molecule has 0 saturated carbocycles. The third-order valence-corrected chi connectivity index (χ3v) is 5.58. The van der Waals surface area contributed by atoms with Crippen molar-refractivity contribution in [2.45, 2.75) is 13.0 Å². The second-order valence-corrected chi connectivity index (χ2v) is 7.95. The summed E-state index contributed by atoms with van der Waals surface area (Å²) in [6.45, 7) is 3.48. The number of piperazine rings is 1. The molecule has 0 bridgehead atoms. The molecule has 0 aromatic carbocycles. The van der Waals surface area contributed by atoms with Gasteiger partial charge in [-0.25, -0.2) is 8.42 Å². The van der Waals surface area contributed by atoms with Gasteiger partial charge in [0.25, 0.3) is 0 Å². The van der Waals surface area contributed by atoms with E-state index < -0.39 is 10.0 Å². The van der Waals surface area contributed by atoms with Gasteiger partial charge in [0.15, 0.2) is 0 Å². The van der Waals surface area contributed by atoms with Crippen molar-refractivity contribution < 1.29 is 13.5 Å². The molecule has 5 nitrogen and oxygen atoms in total. The van der Waals surface area contributed by atoms with Gasteiger partial charge in [0.2, 0.25) is 10.0 Å². The minimum Gasteiger partial charge on any atom is -0.395 e. The predicted molar refractivity (Wildman–Crippen MR) is 84.6 cm³/mol. The molecular formula is C14H20N2O3S2. The zero-order valence-electron chi connectivity index (χ0n) is 12.1. The molecule has 1 fully saturated rings. The number of sulfonamides is 1. The van der Waals surface area contributed by atoms with Gasteiger partial charge in [-0.15, -0.1) is 11.3 Å². The van der Waals surface area contributed by atoms with Gasteiger partial charge in [0.1, 0.15) is 0 Å². The largest absolute Gasteiger partial charge is 0.395 e. The van der Waals surface area contributed by atoms with E-state index in [9.17, 15) is 8.42 Å². The van der Waals surface area contributed by atoms with E-state index in [1.807, 2.05) is 11.4 Å². The second kappa shape index (κ2) is 7.38. The fourth-order valence-electron chi connectivity index (χ4n) is 2.21. The Morgan fingerprint density at radius 1 is 1.33 bits per heavy atom. The first kappa shape index (κ1) is 16.5. The molecule has 0 unspecified atom stereocenters. The average molecular weight is 328 g/mol. The van der Waals surface area contributed by atoms with E-state index in [4.69, 9.17) is 5.11 Å². The molecule has 2 rings (SSSR count). The molecule has 2 heterocycles. The Hall–Kier alpha value is -0.910. The molecule has 1 aliphatic rings. The molecular weight excluding hydrogens is 308 g/mol. The molecule has 7 heteroatoms. The highest BCUT2D eigenvalue weighted by Gasteiger charge is 2.23. The average Bonchev–Trinajstić information content (AvgIpc) is 2.86. The van der Waals surface area contributed by atoms with Crippen molar-refractivity contribution in [3.05, 3.63) is 21.9 Å². The first-order chi connectivity index (χ1) is 10.0.